The van der Waals surface area contributed by atoms with Gasteiger partial charge >= 0.3 is 0 Å². The molecular formula is C8H16O4. The van der Waals surface area contributed by atoms with Crippen LogP contribution in [0.4, 0.5) is 0 Å². The molecule has 4 heteroatoms. The van der Waals surface area contributed by atoms with Gasteiger partial charge in [-0.2, -0.15) is 0 Å². The molecule has 0 bridgehead atoms. The fourth-order valence-electron chi connectivity index (χ4n) is 0.866. The van der Waals surface area contributed by atoms with Crippen LogP contribution in [-0.2, 0) is 19.2 Å². The Kier molecular flexibility index (Phi) is 5.27. The van der Waals surface area contributed by atoms with Gasteiger partial charge in [0.2, 0.25) is 0 Å². The monoisotopic (exact) mass is 176 g/mol. The third kappa shape index (κ3) is 4.66. The molecule has 2 fully saturated rings. The van der Waals surface area contributed by atoms with Crippen LogP contribution < -0.4 is 0 Å². The van der Waals surface area contributed by atoms with Crippen molar-refractivity contribution in [1.29, 1.82) is 0 Å². The lowest BCUT2D eigenvalue weighted by atomic mass is 10.3. The van der Waals surface area contributed by atoms with Crippen molar-refractivity contribution < 1.29 is 19.2 Å². The van der Waals surface area contributed by atoms with Crippen molar-refractivity contribution in [3.05, 3.63) is 0 Å². The van der Waals surface area contributed by atoms with Crippen LogP contribution in [-0.4, -0.2) is 32.7 Å². The van der Waals surface area contributed by atoms with Gasteiger partial charge in [-0.3, -0.25) is 0 Å². The van der Waals surface area contributed by atoms with Gasteiger partial charge in [0, 0.05) is 0 Å². The Labute approximate surface area is 72.7 Å². The molecule has 4 nitrogen and oxygen atoms in total. The van der Waals surface area contributed by atoms with E-state index in [2.05, 4.69) is 9.78 Å². The van der Waals surface area contributed by atoms with Crippen LogP contribution in [0, 0.1) is 0 Å². The highest BCUT2D eigenvalue weighted by atomic mass is 17.2. The van der Waals surface area contributed by atoms with Crippen molar-refractivity contribution in [2.45, 2.75) is 25.9 Å². The molecule has 0 aromatic carbocycles. The first-order valence-corrected chi connectivity index (χ1v) is 4.33. The average Bonchev–Trinajstić information content (AvgIpc) is 2.60. The summed E-state index contributed by atoms with van der Waals surface area (Å²) in [6, 6.07) is 0. The predicted octanol–water partition coefficient (Wildman–Crippen LogP) is 1.11. The fourth-order valence-corrected chi connectivity index (χ4v) is 0.866. The molecule has 0 spiro atoms. The molecule has 0 radical (unpaired) electrons. The third-order valence-electron chi connectivity index (χ3n) is 1.58. The quantitative estimate of drug-likeness (QED) is 0.518. The molecule has 2 heterocycles. The molecule has 2 saturated heterocycles. The van der Waals surface area contributed by atoms with E-state index in [-0.39, 0.29) is 0 Å². The summed E-state index contributed by atoms with van der Waals surface area (Å²) in [5.74, 6) is 0. The van der Waals surface area contributed by atoms with Gasteiger partial charge in [-0.25, -0.2) is 9.78 Å². The van der Waals surface area contributed by atoms with Crippen LogP contribution in [0.1, 0.15) is 19.8 Å². The molecule has 0 saturated carbocycles. The zero-order valence-electron chi connectivity index (χ0n) is 7.45. The van der Waals surface area contributed by atoms with Crippen LogP contribution in [0.2, 0.25) is 0 Å². The predicted molar refractivity (Wildman–Crippen MR) is 42.5 cm³/mol. The Hall–Kier alpha value is -0.160. The molecule has 12 heavy (non-hydrogen) atoms. The molecule has 72 valence electrons. The maximum atomic E-state index is 4.93. The van der Waals surface area contributed by atoms with Gasteiger partial charge in [-0.15, -0.1) is 0 Å². The Morgan fingerprint density at radius 2 is 1.75 bits per heavy atom. The summed E-state index contributed by atoms with van der Waals surface area (Å²) in [6.07, 6.45) is 2.63. The van der Waals surface area contributed by atoms with Crippen molar-refractivity contribution in [3.63, 3.8) is 0 Å². The number of rotatable bonds is 0. The third-order valence-corrected chi connectivity index (χ3v) is 1.58. The molecular weight excluding hydrogens is 160 g/mol. The molecule has 0 aromatic heterocycles. The Morgan fingerprint density at radius 1 is 1.08 bits per heavy atom. The summed E-state index contributed by atoms with van der Waals surface area (Å²) in [6.45, 7) is 4.80. The fraction of sp³-hybridized carbons (Fsp3) is 1.00. The van der Waals surface area contributed by atoms with Crippen LogP contribution in [0.5, 0.6) is 0 Å². The van der Waals surface area contributed by atoms with Crippen LogP contribution in [0.25, 0.3) is 0 Å². The van der Waals surface area contributed by atoms with Gasteiger partial charge in [0.05, 0.1) is 25.9 Å². The lowest BCUT2D eigenvalue weighted by Gasteiger charge is -2.07. The summed E-state index contributed by atoms with van der Waals surface area (Å²) in [7, 11) is 0. The minimum atomic E-state index is 0.324. The summed E-state index contributed by atoms with van der Waals surface area (Å²) in [4.78, 5) is 9.14. The molecule has 2 aliphatic heterocycles. The largest absolute Gasteiger partial charge is 0.353 e. The van der Waals surface area contributed by atoms with Crippen molar-refractivity contribution in [2.24, 2.45) is 0 Å². The van der Waals surface area contributed by atoms with E-state index in [4.69, 9.17) is 9.47 Å². The smallest absolute Gasteiger partial charge is 0.147 e. The molecule has 0 aliphatic carbocycles. The maximum Gasteiger partial charge on any atom is 0.147 e. The van der Waals surface area contributed by atoms with Gasteiger partial charge in [0.1, 0.15) is 6.79 Å². The van der Waals surface area contributed by atoms with E-state index in [9.17, 15) is 0 Å². The lowest BCUT2D eigenvalue weighted by molar-refractivity contribution is -0.312. The Balaban J connectivity index is 0.000000120. The maximum absolute atomic E-state index is 4.93. The number of hydrogen-bond donors (Lipinski definition) is 0. The van der Waals surface area contributed by atoms with E-state index in [0.717, 1.165) is 32.7 Å². The van der Waals surface area contributed by atoms with E-state index in [1.165, 1.54) is 0 Å². The second-order valence-electron chi connectivity index (χ2n) is 2.82. The standard InChI is InChI=1S/2C4H8O2/c1-4-2-5-3-6-4;1-2-4-6-5-3-1/h4H,2-3H2,1H3;1-4H2. The average molecular weight is 176 g/mol. The minimum Gasteiger partial charge on any atom is -0.353 e. The molecule has 0 amide bonds. The lowest BCUT2D eigenvalue weighted by Crippen LogP contribution is -2.05. The molecule has 2 rings (SSSR count). The van der Waals surface area contributed by atoms with E-state index >= 15 is 0 Å². The normalized spacial score (nSPS) is 29.2. The second-order valence-corrected chi connectivity index (χ2v) is 2.82. The van der Waals surface area contributed by atoms with Gasteiger partial charge < -0.3 is 9.47 Å². The second kappa shape index (κ2) is 6.37. The highest BCUT2D eigenvalue weighted by Gasteiger charge is 2.07. The first-order valence-electron chi connectivity index (χ1n) is 4.33. The van der Waals surface area contributed by atoms with Crippen molar-refractivity contribution in [3.8, 4) is 0 Å². The zero-order valence-corrected chi connectivity index (χ0v) is 7.45. The zero-order chi connectivity index (χ0) is 8.65. The topological polar surface area (TPSA) is 36.9 Å². The Morgan fingerprint density at radius 3 is 1.92 bits per heavy atom. The summed E-state index contributed by atoms with van der Waals surface area (Å²) in [5.41, 5.74) is 0. The van der Waals surface area contributed by atoms with Crippen molar-refractivity contribution in [1.82, 2.24) is 0 Å². The summed E-state index contributed by atoms with van der Waals surface area (Å²) < 4.78 is 9.77. The van der Waals surface area contributed by atoms with Gasteiger partial charge in [-0.05, 0) is 19.8 Å². The first kappa shape index (κ1) is 9.92. The molecule has 2 aliphatic rings. The van der Waals surface area contributed by atoms with Crippen molar-refractivity contribution in [2.75, 3.05) is 26.6 Å². The van der Waals surface area contributed by atoms with E-state index in [1.807, 2.05) is 6.92 Å². The first-order chi connectivity index (χ1) is 5.89. The molecule has 0 aromatic rings. The van der Waals surface area contributed by atoms with Gasteiger partial charge in [-0.1, -0.05) is 0 Å². The SMILES string of the molecule is C1CCOOC1.CC1COCO1. The van der Waals surface area contributed by atoms with Crippen LogP contribution in [0.15, 0.2) is 0 Å². The minimum absolute atomic E-state index is 0.324. The Bertz CT molecular complexity index is 85.7. The number of ether oxygens (including phenoxy) is 2. The van der Waals surface area contributed by atoms with E-state index < -0.39 is 0 Å². The van der Waals surface area contributed by atoms with Crippen molar-refractivity contribution >= 4 is 0 Å². The molecule has 0 N–H and O–H groups in total. The van der Waals surface area contributed by atoms with Crippen LogP contribution in [0.3, 0.4) is 0 Å². The van der Waals surface area contributed by atoms with Gasteiger partial charge in [0.25, 0.3) is 0 Å². The van der Waals surface area contributed by atoms with E-state index in [1.54, 1.807) is 0 Å². The summed E-state index contributed by atoms with van der Waals surface area (Å²) >= 11 is 0. The highest BCUT2D eigenvalue weighted by Crippen LogP contribution is 1.99. The highest BCUT2D eigenvalue weighted by molar-refractivity contribution is 4.48. The molecule has 1 atom stereocenters. The van der Waals surface area contributed by atoms with Gasteiger partial charge in [0.15, 0.2) is 0 Å². The van der Waals surface area contributed by atoms with E-state index in [0.29, 0.717) is 12.9 Å². The summed E-state index contributed by atoms with van der Waals surface area (Å²) in [5, 5.41) is 0. The van der Waals surface area contributed by atoms with Crippen LogP contribution >= 0.6 is 0 Å². The molecule has 1 unspecified atom stereocenters. The number of hydrogen-bond acceptors (Lipinski definition) is 4.